The van der Waals surface area contributed by atoms with Gasteiger partial charge in [-0.15, -0.1) is 0 Å². The van der Waals surface area contributed by atoms with Gasteiger partial charge in [-0.2, -0.15) is 0 Å². The van der Waals surface area contributed by atoms with Crippen LogP contribution < -0.4 is 0 Å². The predicted molar refractivity (Wildman–Crippen MR) is 87.2 cm³/mol. The van der Waals surface area contributed by atoms with Gasteiger partial charge < -0.3 is 4.90 Å². The van der Waals surface area contributed by atoms with Crippen LogP contribution >= 0.6 is 15.9 Å². The Morgan fingerprint density at radius 1 is 1.40 bits per heavy atom. The molecule has 0 bridgehead atoms. The normalized spacial score (nSPS) is 20.1. The van der Waals surface area contributed by atoms with Crippen LogP contribution in [0.15, 0.2) is 30.3 Å². The molecule has 1 heterocycles. The number of amides is 1. The van der Waals surface area contributed by atoms with E-state index in [1.54, 1.807) is 0 Å². The van der Waals surface area contributed by atoms with Gasteiger partial charge in [0.1, 0.15) is 0 Å². The summed E-state index contributed by atoms with van der Waals surface area (Å²) < 4.78 is 0. The van der Waals surface area contributed by atoms with Crippen LogP contribution in [0.3, 0.4) is 0 Å². The van der Waals surface area contributed by atoms with E-state index in [2.05, 4.69) is 39.9 Å². The molecule has 1 aliphatic heterocycles. The Kier molecular flexibility index (Phi) is 6.08. The van der Waals surface area contributed by atoms with Gasteiger partial charge in [0, 0.05) is 17.9 Å². The summed E-state index contributed by atoms with van der Waals surface area (Å²) in [6.07, 6.45) is 5.48. The fourth-order valence-electron chi connectivity index (χ4n) is 3.18. The highest BCUT2D eigenvalue weighted by Gasteiger charge is 2.32. The number of nitrogens with zero attached hydrogens (tertiary/aromatic N) is 1. The standard InChI is InChI=1S/C17H24BrNO/c1-2-16(14-8-4-3-5-9-14)17(20)19-13-7-11-15(19)10-6-12-18/h3-5,8-9,15-16H,2,6-7,10-13H2,1H3. The lowest BCUT2D eigenvalue weighted by atomic mass is 9.94. The monoisotopic (exact) mass is 337 g/mol. The first-order valence-corrected chi connectivity index (χ1v) is 8.81. The summed E-state index contributed by atoms with van der Waals surface area (Å²) >= 11 is 3.49. The third-order valence-corrected chi connectivity index (χ3v) is 4.80. The number of rotatable bonds is 6. The van der Waals surface area contributed by atoms with Gasteiger partial charge in [0.15, 0.2) is 0 Å². The molecule has 1 saturated heterocycles. The summed E-state index contributed by atoms with van der Waals surface area (Å²) in [7, 11) is 0. The summed E-state index contributed by atoms with van der Waals surface area (Å²) in [5, 5.41) is 1.03. The Morgan fingerprint density at radius 2 is 2.15 bits per heavy atom. The van der Waals surface area contributed by atoms with Crippen LogP contribution in [-0.2, 0) is 4.79 Å². The van der Waals surface area contributed by atoms with Crippen molar-refractivity contribution in [1.29, 1.82) is 0 Å². The van der Waals surface area contributed by atoms with Gasteiger partial charge in [-0.25, -0.2) is 0 Å². The van der Waals surface area contributed by atoms with Gasteiger partial charge in [0.2, 0.25) is 5.91 Å². The van der Waals surface area contributed by atoms with Crippen molar-refractivity contribution >= 4 is 21.8 Å². The molecule has 2 unspecified atom stereocenters. The van der Waals surface area contributed by atoms with Crippen molar-refractivity contribution in [2.45, 2.75) is 51.0 Å². The van der Waals surface area contributed by atoms with Gasteiger partial charge in [0.25, 0.3) is 0 Å². The quantitative estimate of drug-likeness (QED) is 0.707. The second-order valence-electron chi connectivity index (χ2n) is 5.53. The average Bonchev–Trinajstić information content (AvgIpc) is 2.95. The van der Waals surface area contributed by atoms with Crippen LogP contribution in [0.1, 0.15) is 50.5 Å². The SMILES string of the molecule is CCC(C(=O)N1CCCC1CCCBr)c1ccccc1. The number of halogens is 1. The van der Waals surface area contributed by atoms with Gasteiger partial charge in [-0.05, 0) is 37.7 Å². The van der Waals surface area contributed by atoms with Crippen LogP contribution in [0.2, 0.25) is 0 Å². The first-order valence-electron chi connectivity index (χ1n) is 7.69. The van der Waals surface area contributed by atoms with Gasteiger partial charge in [0.05, 0.1) is 5.92 Å². The molecular weight excluding hydrogens is 314 g/mol. The fourth-order valence-corrected chi connectivity index (χ4v) is 3.50. The molecule has 3 heteroatoms. The van der Waals surface area contributed by atoms with Crippen LogP contribution in [0.5, 0.6) is 0 Å². The first-order chi connectivity index (χ1) is 9.77. The Bertz CT molecular complexity index is 420. The van der Waals surface area contributed by atoms with Crippen molar-refractivity contribution < 1.29 is 4.79 Å². The molecule has 2 nitrogen and oxygen atoms in total. The molecule has 1 aromatic carbocycles. The predicted octanol–water partition coefficient (Wildman–Crippen LogP) is 4.35. The van der Waals surface area contributed by atoms with Crippen LogP contribution in [0.25, 0.3) is 0 Å². The molecule has 0 spiro atoms. The van der Waals surface area contributed by atoms with Gasteiger partial charge in [-0.3, -0.25) is 4.79 Å². The molecule has 110 valence electrons. The lowest BCUT2D eigenvalue weighted by molar-refractivity contribution is -0.133. The van der Waals surface area contributed by atoms with Crippen molar-refractivity contribution in [3.05, 3.63) is 35.9 Å². The van der Waals surface area contributed by atoms with E-state index in [-0.39, 0.29) is 5.92 Å². The minimum absolute atomic E-state index is 0.0285. The van der Waals surface area contributed by atoms with E-state index in [1.165, 1.54) is 6.42 Å². The second kappa shape index (κ2) is 7.82. The number of hydrogen-bond acceptors (Lipinski definition) is 1. The largest absolute Gasteiger partial charge is 0.339 e. The topological polar surface area (TPSA) is 20.3 Å². The van der Waals surface area contributed by atoms with Crippen molar-refractivity contribution in [3.63, 3.8) is 0 Å². The molecule has 0 radical (unpaired) electrons. The molecule has 0 N–H and O–H groups in total. The van der Waals surface area contributed by atoms with Crippen LogP contribution in [-0.4, -0.2) is 28.7 Å². The zero-order valence-corrected chi connectivity index (χ0v) is 13.8. The fraction of sp³-hybridized carbons (Fsp3) is 0.588. The molecule has 1 fully saturated rings. The summed E-state index contributed by atoms with van der Waals surface area (Å²) in [5.74, 6) is 0.358. The first kappa shape index (κ1) is 15.6. The van der Waals surface area contributed by atoms with E-state index in [0.29, 0.717) is 11.9 Å². The van der Waals surface area contributed by atoms with Gasteiger partial charge >= 0.3 is 0 Å². The van der Waals surface area contributed by atoms with E-state index < -0.39 is 0 Å². The number of alkyl halides is 1. The number of hydrogen-bond donors (Lipinski definition) is 0. The minimum Gasteiger partial charge on any atom is -0.339 e. The van der Waals surface area contributed by atoms with Crippen LogP contribution in [0, 0.1) is 0 Å². The van der Waals surface area contributed by atoms with Crippen LogP contribution in [0.4, 0.5) is 0 Å². The molecule has 0 aliphatic carbocycles. The van der Waals surface area contributed by atoms with Crippen molar-refractivity contribution in [2.24, 2.45) is 0 Å². The summed E-state index contributed by atoms with van der Waals surface area (Å²) in [6.45, 7) is 3.05. The Balaban J connectivity index is 2.08. The van der Waals surface area contributed by atoms with Crippen molar-refractivity contribution in [3.8, 4) is 0 Å². The van der Waals surface area contributed by atoms with Crippen molar-refractivity contribution in [1.82, 2.24) is 4.90 Å². The maximum Gasteiger partial charge on any atom is 0.230 e. The van der Waals surface area contributed by atoms with E-state index in [0.717, 1.165) is 43.1 Å². The van der Waals surface area contributed by atoms with E-state index in [1.807, 2.05) is 18.2 Å². The van der Waals surface area contributed by atoms with Crippen molar-refractivity contribution in [2.75, 3.05) is 11.9 Å². The Hall–Kier alpha value is -0.830. The highest BCUT2D eigenvalue weighted by molar-refractivity contribution is 9.09. The van der Waals surface area contributed by atoms with E-state index in [9.17, 15) is 4.79 Å². The third kappa shape index (κ3) is 3.63. The molecule has 20 heavy (non-hydrogen) atoms. The molecule has 0 saturated carbocycles. The lowest BCUT2D eigenvalue weighted by Gasteiger charge is -2.28. The summed E-state index contributed by atoms with van der Waals surface area (Å²) in [6, 6.07) is 10.7. The highest BCUT2D eigenvalue weighted by atomic mass is 79.9. The second-order valence-corrected chi connectivity index (χ2v) is 6.32. The minimum atomic E-state index is 0.0285. The molecule has 1 aliphatic rings. The molecule has 1 aromatic rings. The number of benzene rings is 1. The highest BCUT2D eigenvalue weighted by Crippen LogP contribution is 2.28. The van der Waals surface area contributed by atoms with Gasteiger partial charge in [-0.1, -0.05) is 53.2 Å². The molecule has 2 rings (SSSR count). The Morgan fingerprint density at radius 3 is 2.80 bits per heavy atom. The zero-order valence-electron chi connectivity index (χ0n) is 12.2. The summed E-state index contributed by atoms with van der Waals surface area (Å²) in [5.41, 5.74) is 1.16. The maximum atomic E-state index is 12.9. The average molecular weight is 338 g/mol. The summed E-state index contributed by atoms with van der Waals surface area (Å²) in [4.78, 5) is 15.0. The van der Waals surface area contributed by atoms with E-state index >= 15 is 0 Å². The third-order valence-electron chi connectivity index (χ3n) is 4.24. The Labute approximate surface area is 130 Å². The number of carbonyl (C=O) groups excluding carboxylic acids is 1. The smallest absolute Gasteiger partial charge is 0.230 e. The number of likely N-dealkylation sites (tertiary alicyclic amines) is 1. The zero-order chi connectivity index (χ0) is 14.4. The van der Waals surface area contributed by atoms with E-state index in [4.69, 9.17) is 0 Å². The molecule has 0 aromatic heterocycles. The molecule has 2 atom stereocenters. The maximum absolute atomic E-state index is 12.9. The molecule has 1 amide bonds. The molecular formula is C17H24BrNO. The lowest BCUT2D eigenvalue weighted by Crippen LogP contribution is -2.38. The number of carbonyl (C=O) groups is 1.